The Balaban J connectivity index is 1.48. The molecule has 1 aliphatic heterocycles. The molecule has 0 spiro atoms. The fourth-order valence-corrected chi connectivity index (χ4v) is 3.08. The van der Waals surface area contributed by atoms with Gasteiger partial charge in [-0.05, 0) is 31.9 Å². The number of benzene rings is 1. The van der Waals surface area contributed by atoms with Gasteiger partial charge in [0.1, 0.15) is 18.0 Å². The molecule has 1 saturated heterocycles. The van der Waals surface area contributed by atoms with Crippen LogP contribution in [-0.2, 0) is 6.42 Å². The summed E-state index contributed by atoms with van der Waals surface area (Å²) in [7, 11) is 0. The second-order valence-electron chi connectivity index (χ2n) is 6.46. The SMILES string of the molecule is Cc1ncnc(N2CCN(C(=O)NCCc3ccccc3F)CC2)c1C. The molecular weight excluding hydrogens is 333 g/mol. The summed E-state index contributed by atoms with van der Waals surface area (Å²) in [5.41, 5.74) is 2.67. The number of aryl methyl sites for hydroxylation is 1. The van der Waals surface area contributed by atoms with Crippen LogP contribution in [0.2, 0.25) is 0 Å². The molecule has 2 aromatic rings. The Morgan fingerprint density at radius 3 is 2.62 bits per heavy atom. The van der Waals surface area contributed by atoms with Crippen molar-refractivity contribution in [1.29, 1.82) is 0 Å². The molecule has 0 atom stereocenters. The lowest BCUT2D eigenvalue weighted by atomic mass is 10.1. The molecule has 1 fully saturated rings. The maximum atomic E-state index is 13.6. The first-order valence-corrected chi connectivity index (χ1v) is 8.85. The van der Waals surface area contributed by atoms with Crippen LogP contribution < -0.4 is 10.2 Å². The third kappa shape index (κ3) is 4.09. The zero-order chi connectivity index (χ0) is 18.5. The average Bonchev–Trinajstić information content (AvgIpc) is 2.65. The first-order chi connectivity index (χ1) is 12.6. The Labute approximate surface area is 153 Å². The lowest BCUT2D eigenvalue weighted by molar-refractivity contribution is 0.194. The minimum atomic E-state index is -0.231. The lowest BCUT2D eigenvalue weighted by Crippen LogP contribution is -2.52. The standard InChI is InChI=1S/C19H24FN5O/c1-14-15(2)22-13-23-18(14)24-9-11-25(12-10-24)19(26)21-8-7-16-5-3-4-6-17(16)20/h3-6,13H,7-12H2,1-2H3,(H,21,26). The first kappa shape index (κ1) is 18.1. The van der Waals surface area contributed by atoms with Gasteiger partial charge in [-0.1, -0.05) is 18.2 Å². The van der Waals surface area contributed by atoms with E-state index in [-0.39, 0.29) is 11.8 Å². The monoisotopic (exact) mass is 357 g/mol. The summed E-state index contributed by atoms with van der Waals surface area (Å²) >= 11 is 0. The van der Waals surface area contributed by atoms with Crippen LogP contribution in [0.15, 0.2) is 30.6 Å². The molecule has 0 saturated carbocycles. The van der Waals surface area contributed by atoms with Crippen LogP contribution in [0.4, 0.5) is 15.0 Å². The molecule has 7 heteroatoms. The number of amides is 2. The minimum Gasteiger partial charge on any atom is -0.353 e. The van der Waals surface area contributed by atoms with E-state index in [0.29, 0.717) is 31.6 Å². The van der Waals surface area contributed by atoms with Gasteiger partial charge in [-0.3, -0.25) is 0 Å². The van der Waals surface area contributed by atoms with Gasteiger partial charge < -0.3 is 15.1 Å². The lowest BCUT2D eigenvalue weighted by Gasteiger charge is -2.36. The van der Waals surface area contributed by atoms with Gasteiger partial charge in [0.2, 0.25) is 0 Å². The Morgan fingerprint density at radius 2 is 1.88 bits per heavy atom. The van der Waals surface area contributed by atoms with Crippen LogP contribution in [0, 0.1) is 19.7 Å². The molecule has 2 amide bonds. The summed E-state index contributed by atoms with van der Waals surface area (Å²) in [5, 5.41) is 2.88. The maximum absolute atomic E-state index is 13.6. The van der Waals surface area contributed by atoms with Crippen molar-refractivity contribution in [2.75, 3.05) is 37.6 Å². The van der Waals surface area contributed by atoms with E-state index in [1.165, 1.54) is 6.07 Å². The van der Waals surface area contributed by atoms with Crippen molar-refractivity contribution in [3.05, 3.63) is 53.2 Å². The van der Waals surface area contributed by atoms with Crippen molar-refractivity contribution in [3.8, 4) is 0 Å². The highest BCUT2D eigenvalue weighted by Crippen LogP contribution is 2.19. The van der Waals surface area contributed by atoms with Crippen molar-refractivity contribution in [2.45, 2.75) is 20.3 Å². The summed E-state index contributed by atoms with van der Waals surface area (Å²) in [6.07, 6.45) is 2.07. The predicted octanol–water partition coefficient (Wildman–Crippen LogP) is 2.31. The van der Waals surface area contributed by atoms with E-state index in [2.05, 4.69) is 20.2 Å². The summed E-state index contributed by atoms with van der Waals surface area (Å²) in [6.45, 7) is 7.15. The molecule has 0 radical (unpaired) electrons. The third-order valence-electron chi connectivity index (χ3n) is 4.80. The number of hydrogen-bond acceptors (Lipinski definition) is 4. The van der Waals surface area contributed by atoms with Crippen LogP contribution in [-0.4, -0.2) is 53.6 Å². The van der Waals surface area contributed by atoms with Crippen LogP contribution >= 0.6 is 0 Å². The van der Waals surface area contributed by atoms with Gasteiger partial charge in [0, 0.05) is 44.0 Å². The largest absolute Gasteiger partial charge is 0.353 e. The second-order valence-corrected chi connectivity index (χ2v) is 6.46. The molecule has 1 aliphatic rings. The minimum absolute atomic E-state index is 0.100. The summed E-state index contributed by atoms with van der Waals surface area (Å²) < 4.78 is 13.6. The first-order valence-electron chi connectivity index (χ1n) is 8.85. The molecule has 0 bridgehead atoms. The fourth-order valence-electron chi connectivity index (χ4n) is 3.08. The van der Waals surface area contributed by atoms with Gasteiger partial charge in [0.15, 0.2) is 0 Å². The van der Waals surface area contributed by atoms with Crippen LogP contribution in [0.3, 0.4) is 0 Å². The molecular formula is C19H24FN5O. The molecule has 6 nitrogen and oxygen atoms in total. The fraction of sp³-hybridized carbons (Fsp3) is 0.421. The predicted molar refractivity (Wildman–Crippen MR) is 98.8 cm³/mol. The van der Waals surface area contributed by atoms with Gasteiger partial charge in [0.25, 0.3) is 0 Å². The average molecular weight is 357 g/mol. The van der Waals surface area contributed by atoms with E-state index in [0.717, 1.165) is 30.2 Å². The smallest absolute Gasteiger partial charge is 0.317 e. The number of carbonyl (C=O) groups excluding carboxylic acids is 1. The van der Waals surface area contributed by atoms with E-state index in [1.54, 1.807) is 29.4 Å². The highest BCUT2D eigenvalue weighted by Gasteiger charge is 2.23. The molecule has 1 aromatic carbocycles. The van der Waals surface area contributed by atoms with E-state index in [4.69, 9.17) is 0 Å². The summed E-state index contributed by atoms with van der Waals surface area (Å²) in [4.78, 5) is 24.9. The molecule has 0 aliphatic carbocycles. The van der Waals surface area contributed by atoms with E-state index in [1.807, 2.05) is 13.8 Å². The Kier molecular flexibility index (Phi) is 5.65. The van der Waals surface area contributed by atoms with Gasteiger partial charge in [-0.15, -0.1) is 0 Å². The van der Waals surface area contributed by atoms with Gasteiger partial charge in [-0.2, -0.15) is 0 Å². The van der Waals surface area contributed by atoms with Crippen LogP contribution in [0.25, 0.3) is 0 Å². The van der Waals surface area contributed by atoms with E-state index >= 15 is 0 Å². The number of aromatic nitrogens is 2. The van der Waals surface area contributed by atoms with Crippen LogP contribution in [0.5, 0.6) is 0 Å². The third-order valence-corrected chi connectivity index (χ3v) is 4.80. The topological polar surface area (TPSA) is 61.4 Å². The van der Waals surface area contributed by atoms with Crippen molar-refractivity contribution in [3.63, 3.8) is 0 Å². The van der Waals surface area contributed by atoms with E-state index < -0.39 is 0 Å². The number of carbonyl (C=O) groups is 1. The zero-order valence-corrected chi connectivity index (χ0v) is 15.2. The van der Waals surface area contributed by atoms with Gasteiger partial charge >= 0.3 is 6.03 Å². The number of piperazine rings is 1. The number of urea groups is 1. The molecule has 2 heterocycles. The molecule has 26 heavy (non-hydrogen) atoms. The maximum Gasteiger partial charge on any atom is 0.317 e. The highest BCUT2D eigenvalue weighted by molar-refractivity contribution is 5.74. The van der Waals surface area contributed by atoms with Crippen LogP contribution in [0.1, 0.15) is 16.8 Å². The normalized spacial score (nSPS) is 14.4. The number of nitrogens with one attached hydrogen (secondary N) is 1. The number of anilines is 1. The number of nitrogens with zero attached hydrogens (tertiary/aromatic N) is 4. The number of hydrogen-bond donors (Lipinski definition) is 1. The van der Waals surface area contributed by atoms with Crippen molar-refractivity contribution in [2.24, 2.45) is 0 Å². The quantitative estimate of drug-likeness (QED) is 0.912. The Bertz CT molecular complexity index is 774. The molecule has 138 valence electrons. The number of halogens is 1. The Morgan fingerprint density at radius 1 is 1.15 bits per heavy atom. The van der Waals surface area contributed by atoms with Crippen molar-refractivity contribution in [1.82, 2.24) is 20.2 Å². The number of rotatable bonds is 4. The second kappa shape index (κ2) is 8.12. The molecule has 3 rings (SSSR count). The Hall–Kier alpha value is -2.70. The summed E-state index contributed by atoms with van der Waals surface area (Å²) in [5.74, 6) is 0.711. The van der Waals surface area contributed by atoms with Crippen molar-refractivity contribution < 1.29 is 9.18 Å². The molecule has 1 N–H and O–H groups in total. The van der Waals surface area contributed by atoms with Gasteiger partial charge in [0.05, 0.1) is 0 Å². The highest BCUT2D eigenvalue weighted by atomic mass is 19.1. The molecule has 0 unspecified atom stereocenters. The van der Waals surface area contributed by atoms with Gasteiger partial charge in [-0.25, -0.2) is 19.2 Å². The zero-order valence-electron chi connectivity index (χ0n) is 15.2. The molecule has 1 aromatic heterocycles. The van der Waals surface area contributed by atoms with E-state index in [9.17, 15) is 9.18 Å². The van der Waals surface area contributed by atoms with Crippen molar-refractivity contribution >= 4 is 11.8 Å². The summed E-state index contributed by atoms with van der Waals surface area (Å²) in [6, 6.07) is 6.55.